The van der Waals surface area contributed by atoms with Gasteiger partial charge in [0.15, 0.2) is 0 Å². The molecule has 3 aromatic rings. The lowest BCUT2D eigenvalue weighted by atomic mass is 10.1. The molecule has 21 heavy (non-hydrogen) atoms. The lowest BCUT2D eigenvalue weighted by Gasteiger charge is -2.07. The topological polar surface area (TPSA) is 37.8 Å². The molecule has 0 spiro atoms. The van der Waals surface area contributed by atoms with Gasteiger partial charge in [-0.1, -0.05) is 17.8 Å². The van der Waals surface area contributed by atoms with E-state index >= 15 is 0 Å². The van der Waals surface area contributed by atoms with Crippen LogP contribution in [-0.4, -0.2) is 17.0 Å². The highest BCUT2D eigenvalue weighted by atomic mass is 32.2. The van der Waals surface area contributed by atoms with Gasteiger partial charge in [0.1, 0.15) is 9.86 Å². The lowest BCUT2D eigenvalue weighted by molar-refractivity contribution is 1.10. The molecule has 2 heterocycles. The Morgan fingerprint density at radius 1 is 1.05 bits per heavy atom. The van der Waals surface area contributed by atoms with Gasteiger partial charge < -0.3 is 5.32 Å². The summed E-state index contributed by atoms with van der Waals surface area (Å²) < 4.78 is 0. The smallest absolute Gasteiger partial charge is 0.224 e. The van der Waals surface area contributed by atoms with Crippen LogP contribution in [0.5, 0.6) is 0 Å². The summed E-state index contributed by atoms with van der Waals surface area (Å²) in [6, 6.07) is 8.70. The van der Waals surface area contributed by atoms with Gasteiger partial charge in [-0.15, -0.1) is 11.3 Å². The maximum Gasteiger partial charge on any atom is 0.224 e. The van der Waals surface area contributed by atoms with Gasteiger partial charge in [-0.05, 0) is 50.1 Å². The molecule has 0 aliphatic rings. The van der Waals surface area contributed by atoms with Crippen LogP contribution in [-0.2, 0) is 0 Å². The Balaban J connectivity index is 2.07. The van der Waals surface area contributed by atoms with Crippen LogP contribution in [0.3, 0.4) is 0 Å². The summed E-state index contributed by atoms with van der Waals surface area (Å²) in [5.41, 5.74) is 2.62. The van der Waals surface area contributed by atoms with E-state index in [9.17, 15) is 0 Å². The minimum Gasteiger partial charge on any atom is -0.357 e. The van der Waals surface area contributed by atoms with Crippen molar-refractivity contribution >= 4 is 39.3 Å². The summed E-state index contributed by atoms with van der Waals surface area (Å²) in [6.07, 6.45) is 0. The van der Waals surface area contributed by atoms with E-state index in [1.807, 2.05) is 7.05 Å². The number of benzene rings is 1. The third kappa shape index (κ3) is 2.89. The van der Waals surface area contributed by atoms with Crippen molar-refractivity contribution in [3.05, 3.63) is 40.3 Å². The van der Waals surface area contributed by atoms with Crippen molar-refractivity contribution in [3.8, 4) is 0 Å². The maximum absolute atomic E-state index is 4.63. The molecule has 108 valence electrons. The molecule has 0 bridgehead atoms. The molecule has 0 saturated heterocycles. The van der Waals surface area contributed by atoms with E-state index in [-0.39, 0.29) is 0 Å². The first kappa shape index (κ1) is 14.4. The first-order valence-electron chi connectivity index (χ1n) is 6.78. The number of thiophene rings is 1. The summed E-state index contributed by atoms with van der Waals surface area (Å²) >= 11 is 3.41. The van der Waals surface area contributed by atoms with Crippen molar-refractivity contribution in [3.63, 3.8) is 0 Å². The molecule has 1 aromatic carbocycles. The van der Waals surface area contributed by atoms with Gasteiger partial charge in [0.05, 0.1) is 0 Å². The van der Waals surface area contributed by atoms with Crippen LogP contribution in [0.15, 0.2) is 34.2 Å². The van der Waals surface area contributed by atoms with E-state index in [1.165, 1.54) is 20.9 Å². The summed E-state index contributed by atoms with van der Waals surface area (Å²) in [5, 5.41) is 5.20. The fourth-order valence-corrected chi connectivity index (χ4v) is 4.03. The molecule has 3 rings (SSSR count). The second-order valence-corrected chi connectivity index (χ2v) is 7.32. The Morgan fingerprint density at radius 2 is 1.86 bits per heavy atom. The molecule has 0 aliphatic carbocycles. The Kier molecular flexibility index (Phi) is 3.87. The van der Waals surface area contributed by atoms with Gasteiger partial charge in [-0.25, -0.2) is 9.97 Å². The molecule has 0 radical (unpaired) electrons. The van der Waals surface area contributed by atoms with E-state index in [1.54, 1.807) is 23.1 Å². The minimum atomic E-state index is 0.677. The molecule has 0 saturated carbocycles. The van der Waals surface area contributed by atoms with Crippen LogP contribution in [0.1, 0.15) is 16.0 Å². The van der Waals surface area contributed by atoms with Crippen LogP contribution in [0.4, 0.5) is 5.95 Å². The Labute approximate surface area is 132 Å². The van der Waals surface area contributed by atoms with Gasteiger partial charge in [-0.2, -0.15) is 0 Å². The van der Waals surface area contributed by atoms with Crippen LogP contribution in [0.25, 0.3) is 10.2 Å². The maximum atomic E-state index is 4.63. The number of hydrogen-bond acceptors (Lipinski definition) is 5. The van der Waals surface area contributed by atoms with E-state index in [2.05, 4.69) is 60.3 Å². The summed E-state index contributed by atoms with van der Waals surface area (Å²) in [4.78, 5) is 12.7. The van der Waals surface area contributed by atoms with Crippen molar-refractivity contribution < 1.29 is 0 Å². The van der Waals surface area contributed by atoms with Crippen LogP contribution in [0.2, 0.25) is 0 Å². The lowest BCUT2D eigenvalue weighted by Crippen LogP contribution is -1.97. The van der Waals surface area contributed by atoms with Gasteiger partial charge in [0.2, 0.25) is 5.95 Å². The van der Waals surface area contributed by atoms with Gasteiger partial charge >= 0.3 is 0 Å². The number of anilines is 1. The largest absolute Gasteiger partial charge is 0.357 e. The molecular weight excluding hydrogens is 298 g/mol. The minimum absolute atomic E-state index is 0.677. The van der Waals surface area contributed by atoms with Crippen molar-refractivity contribution in [1.29, 1.82) is 0 Å². The van der Waals surface area contributed by atoms with Crippen molar-refractivity contribution in [1.82, 2.24) is 9.97 Å². The SMILES string of the molecule is CNc1nc(Sc2ccc(C)c(C)c2)c2cc(C)sc2n1. The predicted molar refractivity (Wildman–Crippen MR) is 91.7 cm³/mol. The van der Waals surface area contributed by atoms with E-state index in [4.69, 9.17) is 0 Å². The highest BCUT2D eigenvalue weighted by Gasteiger charge is 2.11. The van der Waals surface area contributed by atoms with Gasteiger partial charge in [0, 0.05) is 22.2 Å². The third-order valence-corrected chi connectivity index (χ3v) is 5.34. The summed E-state index contributed by atoms with van der Waals surface area (Å²) in [5.74, 6) is 0.677. The van der Waals surface area contributed by atoms with Crippen molar-refractivity contribution in [2.75, 3.05) is 12.4 Å². The van der Waals surface area contributed by atoms with Crippen LogP contribution >= 0.6 is 23.1 Å². The number of hydrogen-bond donors (Lipinski definition) is 1. The fourth-order valence-electron chi connectivity index (χ4n) is 2.09. The van der Waals surface area contributed by atoms with E-state index in [0.717, 1.165) is 15.2 Å². The average Bonchev–Trinajstić information content (AvgIpc) is 2.83. The molecule has 1 N–H and O–H groups in total. The Bertz CT molecular complexity index is 809. The molecule has 0 aliphatic heterocycles. The van der Waals surface area contributed by atoms with E-state index in [0.29, 0.717) is 5.95 Å². The number of rotatable bonds is 3. The van der Waals surface area contributed by atoms with Crippen molar-refractivity contribution in [2.45, 2.75) is 30.7 Å². The predicted octanol–water partition coefficient (Wildman–Crippen LogP) is 4.81. The molecule has 0 atom stereocenters. The number of aromatic nitrogens is 2. The number of nitrogens with one attached hydrogen (secondary N) is 1. The first-order chi connectivity index (χ1) is 10.1. The molecular formula is C16H17N3S2. The molecule has 0 amide bonds. The monoisotopic (exact) mass is 315 g/mol. The standard InChI is InChI=1S/C16H17N3S2/c1-9-5-6-12(7-10(9)2)21-15-13-8-11(3)20-14(13)18-16(17-4)19-15/h5-8H,1-4H3,(H,17,18,19). The third-order valence-electron chi connectivity index (χ3n) is 3.40. The Morgan fingerprint density at radius 3 is 2.57 bits per heavy atom. The zero-order chi connectivity index (χ0) is 15.0. The second kappa shape index (κ2) is 5.66. The summed E-state index contributed by atoms with van der Waals surface area (Å²) in [7, 11) is 1.85. The van der Waals surface area contributed by atoms with Crippen molar-refractivity contribution in [2.24, 2.45) is 0 Å². The number of fused-ring (bicyclic) bond motifs is 1. The van der Waals surface area contributed by atoms with Gasteiger partial charge in [0.25, 0.3) is 0 Å². The quantitative estimate of drug-likeness (QED) is 0.704. The zero-order valence-electron chi connectivity index (χ0n) is 12.5. The molecule has 2 aromatic heterocycles. The van der Waals surface area contributed by atoms with Gasteiger partial charge in [-0.3, -0.25) is 0 Å². The molecule has 0 unspecified atom stereocenters. The van der Waals surface area contributed by atoms with E-state index < -0.39 is 0 Å². The number of nitrogens with zero attached hydrogens (tertiary/aromatic N) is 2. The molecule has 5 heteroatoms. The summed E-state index contributed by atoms with van der Waals surface area (Å²) in [6.45, 7) is 6.38. The van der Waals surface area contributed by atoms with Crippen LogP contribution < -0.4 is 5.32 Å². The number of aryl methyl sites for hydroxylation is 3. The first-order valence-corrected chi connectivity index (χ1v) is 8.41. The molecule has 0 fully saturated rings. The average molecular weight is 315 g/mol. The van der Waals surface area contributed by atoms with Crippen LogP contribution in [0, 0.1) is 20.8 Å². The highest BCUT2D eigenvalue weighted by molar-refractivity contribution is 7.99. The molecule has 3 nitrogen and oxygen atoms in total. The second-order valence-electron chi connectivity index (χ2n) is 5.03. The zero-order valence-corrected chi connectivity index (χ0v) is 14.2. The fraction of sp³-hybridized carbons (Fsp3) is 0.250. The normalized spacial score (nSPS) is 11.0. The highest BCUT2D eigenvalue weighted by Crippen LogP contribution is 2.36. The Hall–Kier alpha value is -1.59.